The molecule has 1 unspecified atom stereocenters. The lowest BCUT2D eigenvalue weighted by Crippen LogP contribution is -2.54. The number of ether oxygens (including phenoxy) is 1. The fraction of sp³-hybridized carbons (Fsp3) is 0.588. The van der Waals surface area contributed by atoms with Crippen LogP contribution >= 0.6 is 0 Å². The van der Waals surface area contributed by atoms with Gasteiger partial charge in [-0.15, -0.1) is 0 Å². The first-order chi connectivity index (χ1) is 9.96. The smallest absolute Gasteiger partial charge is 0.325 e. The highest BCUT2D eigenvalue weighted by molar-refractivity contribution is 5.80. The van der Waals surface area contributed by atoms with Crippen molar-refractivity contribution >= 4 is 11.7 Å². The van der Waals surface area contributed by atoms with Crippen LogP contribution < -0.4 is 10.2 Å². The standard InChI is InChI=1S/C17H26N2O2/c1-13(2)18-17(3,16(20)21-4)10-12-19-11-9-14-7-5-6-8-15(14)19/h5-8,13,18H,9-12H2,1-4H3. The largest absolute Gasteiger partial charge is 0.468 e. The van der Waals surface area contributed by atoms with Gasteiger partial charge in [-0.2, -0.15) is 0 Å². The zero-order chi connectivity index (χ0) is 15.5. The summed E-state index contributed by atoms with van der Waals surface area (Å²) in [5.41, 5.74) is 2.06. The number of rotatable bonds is 6. The molecule has 0 aromatic heterocycles. The minimum Gasteiger partial charge on any atom is -0.468 e. The second-order valence-corrected chi connectivity index (χ2v) is 6.24. The van der Waals surface area contributed by atoms with Gasteiger partial charge < -0.3 is 9.64 Å². The van der Waals surface area contributed by atoms with Crippen molar-refractivity contribution in [2.24, 2.45) is 0 Å². The summed E-state index contributed by atoms with van der Waals surface area (Å²) in [6.45, 7) is 7.90. The third-order valence-corrected chi connectivity index (χ3v) is 4.11. The van der Waals surface area contributed by atoms with E-state index in [0.717, 1.165) is 25.9 Å². The van der Waals surface area contributed by atoms with Gasteiger partial charge in [-0.25, -0.2) is 0 Å². The molecule has 0 fully saturated rings. The SMILES string of the molecule is COC(=O)C(C)(CCN1CCc2ccccc21)NC(C)C. The number of nitrogens with one attached hydrogen (secondary N) is 1. The first kappa shape index (κ1) is 15.8. The first-order valence-electron chi connectivity index (χ1n) is 7.65. The summed E-state index contributed by atoms with van der Waals surface area (Å²) in [5, 5.41) is 3.35. The Balaban J connectivity index is 2.04. The molecule has 0 bridgehead atoms. The van der Waals surface area contributed by atoms with E-state index < -0.39 is 5.54 Å². The minimum absolute atomic E-state index is 0.191. The van der Waals surface area contributed by atoms with Gasteiger partial charge >= 0.3 is 5.97 Å². The van der Waals surface area contributed by atoms with Gasteiger partial charge in [-0.1, -0.05) is 18.2 Å². The van der Waals surface area contributed by atoms with Gasteiger partial charge in [0, 0.05) is 24.8 Å². The highest BCUT2D eigenvalue weighted by Crippen LogP contribution is 2.28. The second kappa shape index (κ2) is 6.48. The molecule has 1 atom stereocenters. The van der Waals surface area contributed by atoms with Crippen molar-refractivity contribution in [3.05, 3.63) is 29.8 Å². The molecule has 0 saturated heterocycles. The number of hydrogen-bond acceptors (Lipinski definition) is 4. The average Bonchev–Trinajstić information content (AvgIpc) is 2.87. The monoisotopic (exact) mass is 290 g/mol. The average molecular weight is 290 g/mol. The molecule has 2 rings (SSSR count). The Labute approximate surface area is 127 Å². The van der Waals surface area contributed by atoms with E-state index in [-0.39, 0.29) is 12.0 Å². The molecule has 4 nitrogen and oxygen atoms in total. The first-order valence-corrected chi connectivity index (χ1v) is 7.65. The Morgan fingerprint density at radius 3 is 2.81 bits per heavy atom. The van der Waals surface area contributed by atoms with Crippen molar-refractivity contribution in [2.45, 2.75) is 45.2 Å². The number of methoxy groups -OCH3 is 1. The fourth-order valence-electron chi connectivity index (χ4n) is 3.09. The number of benzene rings is 1. The molecule has 0 amide bonds. The summed E-state index contributed by atoms with van der Waals surface area (Å²) < 4.78 is 4.98. The maximum Gasteiger partial charge on any atom is 0.325 e. The molecule has 0 spiro atoms. The van der Waals surface area contributed by atoms with Crippen molar-refractivity contribution in [3.8, 4) is 0 Å². The van der Waals surface area contributed by atoms with E-state index in [2.05, 4.69) is 34.5 Å². The number of nitrogens with zero attached hydrogens (tertiary/aromatic N) is 1. The summed E-state index contributed by atoms with van der Waals surface area (Å²) in [4.78, 5) is 14.5. The quantitative estimate of drug-likeness (QED) is 0.817. The molecule has 0 radical (unpaired) electrons. The molecule has 1 heterocycles. The molecular weight excluding hydrogens is 264 g/mol. The Kier molecular flexibility index (Phi) is 4.88. The molecule has 116 valence electrons. The molecule has 1 aromatic carbocycles. The van der Waals surface area contributed by atoms with Crippen molar-refractivity contribution in [3.63, 3.8) is 0 Å². The Morgan fingerprint density at radius 2 is 2.14 bits per heavy atom. The number of anilines is 1. The van der Waals surface area contributed by atoms with Crippen LogP contribution in [-0.2, 0) is 16.0 Å². The van der Waals surface area contributed by atoms with Crippen LogP contribution in [0.3, 0.4) is 0 Å². The number of carbonyl (C=O) groups is 1. The van der Waals surface area contributed by atoms with Crippen LogP contribution in [0.15, 0.2) is 24.3 Å². The predicted molar refractivity (Wildman–Crippen MR) is 85.7 cm³/mol. The molecular formula is C17H26N2O2. The fourth-order valence-corrected chi connectivity index (χ4v) is 3.09. The van der Waals surface area contributed by atoms with Gasteiger partial charge in [0.25, 0.3) is 0 Å². The molecule has 0 saturated carbocycles. The maximum atomic E-state index is 12.1. The predicted octanol–water partition coefficient (Wildman–Crippen LogP) is 2.37. The molecule has 21 heavy (non-hydrogen) atoms. The van der Waals surface area contributed by atoms with Crippen LogP contribution in [-0.4, -0.2) is 37.7 Å². The van der Waals surface area contributed by atoms with Crippen LogP contribution in [0.2, 0.25) is 0 Å². The van der Waals surface area contributed by atoms with Crippen LogP contribution in [0.4, 0.5) is 5.69 Å². The Morgan fingerprint density at radius 1 is 1.43 bits per heavy atom. The van der Waals surface area contributed by atoms with E-state index in [1.165, 1.54) is 18.4 Å². The third kappa shape index (κ3) is 3.56. The Hall–Kier alpha value is -1.55. The normalized spacial score (nSPS) is 16.7. The zero-order valence-corrected chi connectivity index (χ0v) is 13.5. The lowest BCUT2D eigenvalue weighted by Gasteiger charge is -2.32. The highest BCUT2D eigenvalue weighted by Gasteiger charge is 2.35. The lowest BCUT2D eigenvalue weighted by molar-refractivity contribution is -0.148. The van der Waals surface area contributed by atoms with Crippen LogP contribution in [0.1, 0.15) is 32.8 Å². The van der Waals surface area contributed by atoms with Crippen molar-refractivity contribution < 1.29 is 9.53 Å². The molecule has 4 heteroatoms. The number of esters is 1. The molecule has 1 aliphatic rings. The second-order valence-electron chi connectivity index (χ2n) is 6.24. The Bertz CT molecular complexity index is 501. The van der Waals surface area contributed by atoms with E-state index in [1.54, 1.807) is 0 Å². The van der Waals surface area contributed by atoms with E-state index in [1.807, 2.05) is 20.8 Å². The van der Waals surface area contributed by atoms with Gasteiger partial charge in [0.1, 0.15) is 5.54 Å². The van der Waals surface area contributed by atoms with Gasteiger partial charge in [0.15, 0.2) is 0 Å². The van der Waals surface area contributed by atoms with Crippen molar-refractivity contribution in [1.82, 2.24) is 5.32 Å². The van der Waals surface area contributed by atoms with E-state index >= 15 is 0 Å². The van der Waals surface area contributed by atoms with Gasteiger partial charge in [-0.3, -0.25) is 10.1 Å². The van der Waals surface area contributed by atoms with E-state index in [9.17, 15) is 4.79 Å². The number of carbonyl (C=O) groups excluding carboxylic acids is 1. The summed E-state index contributed by atoms with van der Waals surface area (Å²) in [6.07, 6.45) is 1.81. The van der Waals surface area contributed by atoms with Gasteiger partial charge in [-0.05, 0) is 45.2 Å². The summed E-state index contributed by atoms with van der Waals surface area (Å²) in [5.74, 6) is -0.191. The summed E-state index contributed by atoms with van der Waals surface area (Å²) in [7, 11) is 1.45. The zero-order valence-electron chi connectivity index (χ0n) is 13.5. The number of hydrogen-bond donors (Lipinski definition) is 1. The molecule has 1 N–H and O–H groups in total. The molecule has 1 aromatic rings. The van der Waals surface area contributed by atoms with E-state index in [0.29, 0.717) is 0 Å². The van der Waals surface area contributed by atoms with Crippen LogP contribution in [0, 0.1) is 0 Å². The van der Waals surface area contributed by atoms with E-state index in [4.69, 9.17) is 4.74 Å². The minimum atomic E-state index is -0.638. The lowest BCUT2D eigenvalue weighted by atomic mass is 9.96. The van der Waals surface area contributed by atoms with Crippen LogP contribution in [0.25, 0.3) is 0 Å². The molecule has 0 aliphatic carbocycles. The molecule has 1 aliphatic heterocycles. The highest BCUT2D eigenvalue weighted by atomic mass is 16.5. The van der Waals surface area contributed by atoms with Crippen LogP contribution in [0.5, 0.6) is 0 Å². The number of para-hydroxylation sites is 1. The van der Waals surface area contributed by atoms with Gasteiger partial charge in [0.05, 0.1) is 7.11 Å². The van der Waals surface area contributed by atoms with Crippen molar-refractivity contribution in [1.29, 1.82) is 0 Å². The number of fused-ring (bicyclic) bond motifs is 1. The topological polar surface area (TPSA) is 41.6 Å². The summed E-state index contributed by atoms with van der Waals surface area (Å²) in [6, 6.07) is 8.74. The maximum absolute atomic E-state index is 12.1. The van der Waals surface area contributed by atoms with Gasteiger partial charge in [0.2, 0.25) is 0 Å². The summed E-state index contributed by atoms with van der Waals surface area (Å²) >= 11 is 0. The third-order valence-electron chi connectivity index (χ3n) is 4.11. The van der Waals surface area contributed by atoms with Crippen molar-refractivity contribution in [2.75, 3.05) is 25.1 Å².